The molecule has 0 aromatic carbocycles. The summed E-state index contributed by atoms with van der Waals surface area (Å²) in [5.41, 5.74) is 0. The van der Waals surface area contributed by atoms with Crippen molar-refractivity contribution in [3.05, 3.63) is 19.1 Å². The van der Waals surface area contributed by atoms with Gasteiger partial charge < -0.3 is 4.74 Å². The minimum atomic E-state index is 0.325. The Morgan fingerprint density at radius 3 is 2.62 bits per heavy atom. The molecule has 0 aliphatic heterocycles. The van der Waals surface area contributed by atoms with Crippen LogP contribution in [0.15, 0.2) is 12.2 Å². The molecule has 0 aromatic heterocycles. The maximum absolute atomic E-state index is 5.16. The van der Waals surface area contributed by atoms with Crippen molar-refractivity contribution in [2.75, 3.05) is 6.61 Å². The molecule has 1 radical (unpaired) electrons. The van der Waals surface area contributed by atoms with Crippen molar-refractivity contribution >= 4 is 0 Å². The van der Waals surface area contributed by atoms with E-state index in [2.05, 4.69) is 6.92 Å². The van der Waals surface area contributed by atoms with E-state index in [1.54, 1.807) is 6.08 Å². The number of rotatable bonds is 3. The maximum Gasteiger partial charge on any atom is 0.0650 e. The molecule has 0 rings (SSSR count). The Bertz CT molecular complexity index is 64.8. The van der Waals surface area contributed by atoms with E-state index in [1.165, 1.54) is 0 Å². The third-order valence-electron chi connectivity index (χ3n) is 0.692. The van der Waals surface area contributed by atoms with E-state index in [-0.39, 0.29) is 0 Å². The first kappa shape index (κ1) is 7.70. The predicted molar refractivity (Wildman–Crippen MR) is 35.6 cm³/mol. The number of hydrogen-bond donors (Lipinski definition) is 0. The van der Waals surface area contributed by atoms with Gasteiger partial charge in [-0.25, -0.2) is 0 Å². The highest BCUT2D eigenvalue weighted by molar-refractivity contribution is 4.83. The molecule has 0 saturated heterocycles. The summed E-state index contributed by atoms with van der Waals surface area (Å²) in [4.78, 5) is 0. The Balaban J connectivity index is 2.93. The van der Waals surface area contributed by atoms with E-state index in [1.807, 2.05) is 19.9 Å². The first-order chi connectivity index (χ1) is 3.77. The van der Waals surface area contributed by atoms with E-state index in [9.17, 15) is 0 Å². The Labute approximate surface area is 51.4 Å². The van der Waals surface area contributed by atoms with Crippen molar-refractivity contribution < 1.29 is 4.74 Å². The van der Waals surface area contributed by atoms with Crippen molar-refractivity contribution in [2.45, 2.75) is 20.0 Å². The van der Waals surface area contributed by atoms with Crippen LogP contribution in [-0.2, 0) is 4.74 Å². The van der Waals surface area contributed by atoms with E-state index >= 15 is 0 Å². The minimum Gasteiger partial charge on any atom is -0.375 e. The van der Waals surface area contributed by atoms with Crippen LogP contribution in [-0.4, -0.2) is 12.7 Å². The number of ether oxygens (including phenoxy) is 1. The Morgan fingerprint density at radius 2 is 2.25 bits per heavy atom. The molecule has 8 heavy (non-hydrogen) atoms. The van der Waals surface area contributed by atoms with Gasteiger partial charge in [-0.3, -0.25) is 0 Å². The highest BCUT2D eigenvalue weighted by Gasteiger charge is 1.85. The molecule has 1 heteroatoms. The van der Waals surface area contributed by atoms with Crippen LogP contribution in [0, 0.1) is 6.92 Å². The SMILES string of the molecule is [CH2]/C=C\COC(C)C. The van der Waals surface area contributed by atoms with Crippen LogP contribution in [0.1, 0.15) is 13.8 Å². The molecule has 0 saturated carbocycles. The fourth-order valence-electron chi connectivity index (χ4n) is 0.316. The quantitative estimate of drug-likeness (QED) is 0.542. The summed E-state index contributed by atoms with van der Waals surface area (Å²) in [6.45, 7) is 8.23. The van der Waals surface area contributed by atoms with E-state index < -0.39 is 0 Å². The summed E-state index contributed by atoms with van der Waals surface area (Å²) >= 11 is 0. The largest absolute Gasteiger partial charge is 0.375 e. The summed E-state index contributed by atoms with van der Waals surface area (Å²) < 4.78 is 5.16. The van der Waals surface area contributed by atoms with Gasteiger partial charge in [-0.1, -0.05) is 12.2 Å². The molecule has 0 heterocycles. The second kappa shape index (κ2) is 4.85. The van der Waals surface area contributed by atoms with Gasteiger partial charge in [0.2, 0.25) is 0 Å². The highest BCUT2D eigenvalue weighted by atomic mass is 16.5. The lowest BCUT2D eigenvalue weighted by Gasteiger charge is -2.01. The van der Waals surface area contributed by atoms with Crippen molar-refractivity contribution in [3.8, 4) is 0 Å². The van der Waals surface area contributed by atoms with Crippen LogP contribution in [0.25, 0.3) is 0 Å². The van der Waals surface area contributed by atoms with Crippen LogP contribution >= 0.6 is 0 Å². The third kappa shape index (κ3) is 5.70. The third-order valence-corrected chi connectivity index (χ3v) is 0.692. The lowest BCUT2D eigenvalue weighted by atomic mass is 10.5. The van der Waals surface area contributed by atoms with Crippen molar-refractivity contribution in [1.82, 2.24) is 0 Å². The van der Waals surface area contributed by atoms with Crippen LogP contribution in [0.2, 0.25) is 0 Å². The average molecular weight is 113 g/mol. The molecule has 0 unspecified atom stereocenters. The highest BCUT2D eigenvalue weighted by Crippen LogP contribution is 1.86. The molecule has 0 fully saturated rings. The zero-order valence-corrected chi connectivity index (χ0v) is 5.55. The van der Waals surface area contributed by atoms with Crippen LogP contribution in [0.3, 0.4) is 0 Å². The molecule has 0 spiro atoms. The summed E-state index contributed by atoms with van der Waals surface area (Å²) in [5.74, 6) is 0. The summed E-state index contributed by atoms with van der Waals surface area (Å²) in [5, 5.41) is 0. The maximum atomic E-state index is 5.16. The van der Waals surface area contributed by atoms with Gasteiger partial charge in [0, 0.05) is 0 Å². The topological polar surface area (TPSA) is 9.23 Å². The number of hydrogen-bond acceptors (Lipinski definition) is 1. The van der Waals surface area contributed by atoms with Gasteiger partial charge in [-0.2, -0.15) is 0 Å². The molecule has 0 aliphatic carbocycles. The second-order valence-corrected chi connectivity index (χ2v) is 1.85. The lowest BCUT2D eigenvalue weighted by molar-refractivity contribution is 0.102. The van der Waals surface area contributed by atoms with E-state index in [4.69, 9.17) is 4.74 Å². The summed E-state index contributed by atoms with van der Waals surface area (Å²) in [6.07, 6.45) is 3.95. The molecular weight excluding hydrogens is 100 g/mol. The molecular formula is C7H13O. The monoisotopic (exact) mass is 113 g/mol. The zero-order valence-electron chi connectivity index (χ0n) is 5.55. The Morgan fingerprint density at radius 1 is 1.62 bits per heavy atom. The molecule has 0 aromatic rings. The zero-order chi connectivity index (χ0) is 6.41. The first-order valence-corrected chi connectivity index (χ1v) is 2.83. The van der Waals surface area contributed by atoms with Crippen LogP contribution in [0.4, 0.5) is 0 Å². The summed E-state index contributed by atoms with van der Waals surface area (Å²) in [6, 6.07) is 0. The van der Waals surface area contributed by atoms with Crippen LogP contribution < -0.4 is 0 Å². The fourth-order valence-corrected chi connectivity index (χ4v) is 0.316. The normalized spacial score (nSPS) is 11.5. The Hall–Kier alpha value is -0.300. The van der Waals surface area contributed by atoms with Crippen molar-refractivity contribution in [1.29, 1.82) is 0 Å². The van der Waals surface area contributed by atoms with E-state index in [0.29, 0.717) is 12.7 Å². The molecule has 0 atom stereocenters. The van der Waals surface area contributed by atoms with Crippen molar-refractivity contribution in [2.24, 2.45) is 0 Å². The lowest BCUT2D eigenvalue weighted by Crippen LogP contribution is -2.01. The predicted octanol–water partition coefficient (Wildman–Crippen LogP) is 1.80. The van der Waals surface area contributed by atoms with Gasteiger partial charge >= 0.3 is 0 Å². The number of allylic oxidation sites excluding steroid dienone is 1. The second-order valence-electron chi connectivity index (χ2n) is 1.85. The van der Waals surface area contributed by atoms with Gasteiger partial charge in [0.05, 0.1) is 12.7 Å². The molecule has 0 N–H and O–H groups in total. The molecule has 0 aliphatic rings. The average Bonchev–Trinajstić information content (AvgIpc) is 1.66. The minimum absolute atomic E-state index is 0.325. The smallest absolute Gasteiger partial charge is 0.0650 e. The van der Waals surface area contributed by atoms with Gasteiger partial charge in [0.1, 0.15) is 0 Å². The Kier molecular flexibility index (Phi) is 4.67. The fraction of sp³-hybridized carbons (Fsp3) is 0.571. The van der Waals surface area contributed by atoms with Crippen LogP contribution in [0.5, 0.6) is 0 Å². The van der Waals surface area contributed by atoms with Gasteiger partial charge in [0.15, 0.2) is 0 Å². The summed E-state index contributed by atoms with van der Waals surface area (Å²) in [7, 11) is 0. The van der Waals surface area contributed by atoms with Gasteiger partial charge in [-0.15, -0.1) is 0 Å². The molecule has 0 amide bonds. The molecule has 0 bridgehead atoms. The van der Waals surface area contributed by atoms with E-state index in [0.717, 1.165) is 0 Å². The molecule has 47 valence electrons. The van der Waals surface area contributed by atoms with Gasteiger partial charge in [-0.05, 0) is 20.8 Å². The standard InChI is InChI=1S/C7H13O/c1-4-5-6-8-7(2)3/h4-5,7H,1,6H2,2-3H3/b5-4-. The first-order valence-electron chi connectivity index (χ1n) is 2.83. The van der Waals surface area contributed by atoms with Gasteiger partial charge in [0.25, 0.3) is 0 Å². The molecule has 1 nitrogen and oxygen atoms in total. The van der Waals surface area contributed by atoms with Crippen molar-refractivity contribution in [3.63, 3.8) is 0 Å².